The van der Waals surface area contributed by atoms with Gasteiger partial charge in [0, 0.05) is 13.2 Å². The number of halogens is 2. The molecule has 0 amide bonds. The van der Waals surface area contributed by atoms with Crippen LogP contribution in [0, 0.1) is 0 Å². The minimum Gasteiger partial charge on any atom is -0.365 e. The lowest BCUT2D eigenvalue weighted by Gasteiger charge is -2.07. The van der Waals surface area contributed by atoms with Crippen LogP contribution in [0.15, 0.2) is 16.7 Å². The van der Waals surface area contributed by atoms with Crippen LogP contribution in [-0.4, -0.2) is 17.1 Å². The number of rotatable bonds is 1. The maximum absolute atomic E-state index is 5.72. The van der Waals surface area contributed by atoms with Crippen LogP contribution in [0.4, 0.5) is 5.82 Å². The van der Waals surface area contributed by atoms with Crippen molar-refractivity contribution in [2.75, 3.05) is 12.4 Å². The van der Waals surface area contributed by atoms with E-state index in [2.05, 4.69) is 31.5 Å². The van der Waals surface area contributed by atoms with Crippen molar-refractivity contribution in [2.24, 2.45) is 0 Å². The van der Waals surface area contributed by atoms with E-state index in [4.69, 9.17) is 23.8 Å². The van der Waals surface area contributed by atoms with Gasteiger partial charge in [-0.3, -0.25) is 0 Å². The van der Waals surface area contributed by atoms with Crippen molar-refractivity contribution in [1.82, 2.24) is 10.3 Å². The normalized spacial score (nSPS) is 9.46. The first-order chi connectivity index (χ1) is 6.13. The molecule has 3 nitrogen and oxygen atoms in total. The monoisotopic (exact) mass is 279 g/mol. The summed E-state index contributed by atoms with van der Waals surface area (Å²) < 4.78 is 0.776. The van der Waals surface area contributed by atoms with Crippen molar-refractivity contribution in [3.8, 4) is 0 Å². The Kier molecular flexibility index (Phi) is 3.90. The van der Waals surface area contributed by atoms with Crippen molar-refractivity contribution in [3.63, 3.8) is 0 Å². The Morgan fingerprint density at radius 2 is 2.38 bits per heavy atom. The standard InChI is InChI=1S/C7H7BrClN3S/c1-10-7(13)12-6-5(8)2-4(9)3-11-6/h2-3H,1H3,(H2,10,11,12,13). The van der Waals surface area contributed by atoms with Crippen molar-refractivity contribution in [1.29, 1.82) is 0 Å². The van der Waals surface area contributed by atoms with Crippen molar-refractivity contribution in [3.05, 3.63) is 21.8 Å². The van der Waals surface area contributed by atoms with Gasteiger partial charge in [-0.25, -0.2) is 4.98 Å². The minimum absolute atomic E-state index is 0.510. The number of hydrogen-bond donors (Lipinski definition) is 2. The summed E-state index contributed by atoms with van der Waals surface area (Å²) in [5, 5.41) is 6.76. The van der Waals surface area contributed by atoms with Gasteiger partial charge in [0.05, 0.1) is 9.50 Å². The fourth-order valence-electron chi connectivity index (χ4n) is 0.677. The Bertz CT molecular complexity index is 332. The largest absolute Gasteiger partial charge is 0.365 e. The van der Waals surface area contributed by atoms with Crippen LogP contribution in [0.2, 0.25) is 5.02 Å². The molecular formula is C7H7BrClN3S. The first-order valence-corrected chi connectivity index (χ1v) is 5.01. The molecule has 0 saturated carbocycles. The molecule has 0 radical (unpaired) electrons. The molecule has 1 rings (SSSR count). The zero-order valence-electron chi connectivity index (χ0n) is 6.77. The van der Waals surface area contributed by atoms with E-state index in [0.717, 1.165) is 4.47 Å². The maximum atomic E-state index is 5.72. The number of hydrogen-bond acceptors (Lipinski definition) is 2. The number of anilines is 1. The number of pyridine rings is 1. The van der Waals surface area contributed by atoms with Crippen LogP contribution in [-0.2, 0) is 0 Å². The van der Waals surface area contributed by atoms with E-state index in [1.165, 1.54) is 0 Å². The molecule has 0 aromatic carbocycles. The van der Waals surface area contributed by atoms with Crippen LogP contribution in [0.5, 0.6) is 0 Å². The molecule has 0 bridgehead atoms. The third kappa shape index (κ3) is 3.10. The highest BCUT2D eigenvalue weighted by Gasteiger charge is 2.02. The average molecular weight is 281 g/mol. The summed E-state index contributed by atoms with van der Waals surface area (Å²) in [5.74, 6) is 0.642. The van der Waals surface area contributed by atoms with E-state index in [9.17, 15) is 0 Å². The van der Waals surface area contributed by atoms with E-state index >= 15 is 0 Å². The summed E-state index contributed by atoms with van der Waals surface area (Å²) in [7, 11) is 1.74. The van der Waals surface area contributed by atoms with Gasteiger partial charge in [-0.15, -0.1) is 0 Å². The summed E-state index contributed by atoms with van der Waals surface area (Å²) in [6.45, 7) is 0. The maximum Gasteiger partial charge on any atom is 0.171 e. The van der Waals surface area contributed by atoms with Gasteiger partial charge >= 0.3 is 0 Å². The Labute approximate surface area is 95.0 Å². The molecular weight excluding hydrogens is 274 g/mol. The van der Waals surface area contributed by atoms with Crippen molar-refractivity contribution in [2.45, 2.75) is 0 Å². The van der Waals surface area contributed by atoms with Crippen molar-refractivity contribution >= 4 is 50.7 Å². The summed E-state index contributed by atoms with van der Waals surface area (Å²) >= 11 is 13.9. The molecule has 0 aliphatic rings. The molecule has 0 spiro atoms. The predicted molar refractivity (Wildman–Crippen MR) is 62.2 cm³/mol. The fourth-order valence-corrected chi connectivity index (χ4v) is 1.51. The molecule has 13 heavy (non-hydrogen) atoms. The number of aromatic nitrogens is 1. The second-order valence-corrected chi connectivity index (χ2v) is 3.89. The van der Waals surface area contributed by atoms with E-state index in [1.807, 2.05) is 0 Å². The lowest BCUT2D eigenvalue weighted by atomic mass is 10.4. The van der Waals surface area contributed by atoms with Gasteiger partial charge in [0.2, 0.25) is 0 Å². The van der Waals surface area contributed by atoms with Gasteiger partial charge in [-0.1, -0.05) is 11.6 Å². The molecule has 6 heteroatoms. The first-order valence-electron chi connectivity index (χ1n) is 3.43. The van der Waals surface area contributed by atoms with Gasteiger partial charge in [0.1, 0.15) is 5.82 Å². The Balaban J connectivity index is 2.83. The van der Waals surface area contributed by atoms with Crippen LogP contribution in [0.25, 0.3) is 0 Å². The van der Waals surface area contributed by atoms with Gasteiger partial charge in [-0.05, 0) is 34.2 Å². The lowest BCUT2D eigenvalue weighted by molar-refractivity contribution is 1.18. The van der Waals surface area contributed by atoms with E-state index in [-0.39, 0.29) is 0 Å². The summed E-state index contributed by atoms with van der Waals surface area (Å²) in [6, 6.07) is 1.75. The summed E-state index contributed by atoms with van der Waals surface area (Å²) in [5.41, 5.74) is 0. The van der Waals surface area contributed by atoms with Gasteiger partial charge < -0.3 is 10.6 Å². The van der Waals surface area contributed by atoms with Crippen LogP contribution >= 0.6 is 39.7 Å². The van der Waals surface area contributed by atoms with Gasteiger partial charge in [0.25, 0.3) is 0 Å². The highest BCUT2D eigenvalue weighted by Crippen LogP contribution is 2.22. The van der Waals surface area contributed by atoms with Gasteiger partial charge in [0.15, 0.2) is 5.11 Å². The predicted octanol–water partition coefficient (Wildman–Crippen LogP) is 2.41. The average Bonchev–Trinajstić information content (AvgIpc) is 2.09. The highest BCUT2D eigenvalue weighted by atomic mass is 79.9. The van der Waals surface area contributed by atoms with Gasteiger partial charge in [-0.2, -0.15) is 0 Å². The molecule has 1 aromatic rings. The second-order valence-electron chi connectivity index (χ2n) is 2.19. The summed E-state index contributed by atoms with van der Waals surface area (Å²) in [6.07, 6.45) is 1.55. The molecule has 1 heterocycles. The molecule has 0 aliphatic carbocycles. The van der Waals surface area contributed by atoms with Crippen molar-refractivity contribution < 1.29 is 0 Å². The van der Waals surface area contributed by atoms with Crippen LogP contribution in [0.1, 0.15) is 0 Å². The first kappa shape index (κ1) is 10.7. The number of nitrogens with zero attached hydrogens (tertiary/aromatic N) is 1. The number of thiocarbonyl (C=S) groups is 1. The molecule has 70 valence electrons. The molecule has 0 unspecified atom stereocenters. The summed E-state index contributed by atoms with van der Waals surface area (Å²) in [4.78, 5) is 4.05. The van der Waals surface area contributed by atoms with E-state index in [1.54, 1.807) is 19.3 Å². The molecule has 0 atom stereocenters. The van der Waals surface area contributed by atoms with E-state index in [0.29, 0.717) is 16.0 Å². The molecule has 0 saturated heterocycles. The third-order valence-corrected chi connectivity index (χ3v) is 2.38. The Hall–Kier alpha value is -0.390. The topological polar surface area (TPSA) is 37.0 Å². The zero-order valence-corrected chi connectivity index (χ0v) is 9.92. The van der Waals surface area contributed by atoms with E-state index < -0.39 is 0 Å². The fraction of sp³-hybridized carbons (Fsp3) is 0.143. The molecule has 0 fully saturated rings. The second kappa shape index (κ2) is 4.74. The lowest BCUT2D eigenvalue weighted by Crippen LogP contribution is -2.24. The number of nitrogens with one attached hydrogen (secondary N) is 2. The minimum atomic E-state index is 0.510. The molecule has 1 aromatic heterocycles. The molecule has 0 aliphatic heterocycles. The van der Waals surface area contributed by atoms with Crippen LogP contribution in [0.3, 0.4) is 0 Å². The third-order valence-electron chi connectivity index (χ3n) is 1.27. The zero-order chi connectivity index (χ0) is 9.84. The molecule has 2 N–H and O–H groups in total. The SMILES string of the molecule is CNC(=S)Nc1ncc(Cl)cc1Br. The smallest absolute Gasteiger partial charge is 0.171 e. The van der Waals surface area contributed by atoms with Crippen LogP contribution < -0.4 is 10.6 Å². The Morgan fingerprint density at radius 3 is 2.92 bits per heavy atom. The Morgan fingerprint density at radius 1 is 1.69 bits per heavy atom. The highest BCUT2D eigenvalue weighted by molar-refractivity contribution is 9.10. The quantitative estimate of drug-likeness (QED) is 0.775.